The van der Waals surface area contributed by atoms with Crippen LogP contribution in [0.4, 0.5) is 0 Å². The zero-order valence-corrected chi connectivity index (χ0v) is 19.4. The van der Waals surface area contributed by atoms with Gasteiger partial charge in [-0.15, -0.1) is 0 Å². The number of halogens is 1. The maximum atomic E-state index is 12.5. The highest BCUT2D eigenvalue weighted by Gasteiger charge is 2.29. The molecular weight excluding hydrogens is 436 g/mol. The lowest BCUT2D eigenvalue weighted by atomic mass is 10.1. The Labute approximate surface area is 189 Å². The molecule has 1 amide bonds. The number of hydrogen-bond donors (Lipinski definition) is 2. The van der Waals surface area contributed by atoms with Crippen LogP contribution in [-0.4, -0.2) is 32.5 Å². The average Bonchev–Trinajstić information content (AvgIpc) is 3.22. The molecule has 3 rings (SSSR count). The van der Waals surface area contributed by atoms with Crippen LogP contribution < -0.4 is 14.8 Å². The summed E-state index contributed by atoms with van der Waals surface area (Å²) < 4.78 is 33.6. The fourth-order valence-electron chi connectivity index (χ4n) is 3.54. The van der Waals surface area contributed by atoms with E-state index in [1.165, 1.54) is 0 Å². The second kappa shape index (κ2) is 10.0. The van der Waals surface area contributed by atoms with E-state index in [0.29, 0.717) is 23.7 Å². The number of carbonyl (C=O) groups is 1. The van der Waals surface area contributed by atoms with Crippen LogP contribution in [0.3, 0.4) is 0 Å². The number of amides is 1. The molecule has 0 spiro atoms. The van der Waals surface area contributed by atoms with E-state index in [-0.39, 0.29) is 16.8 Å². The van der Waals surface area contributed by atoms with E-state index in [1.54, 1.807) is 62.4 Å². The first kappa shape index (κ1) is 23.6. The van der Waals surface area contributed by atoms with Crippen LogP contribution in [0.2, 0.25) is 5.02 Å². The van der Waals surface area contributed by atoms with Gasteiger partial charge < -0.3 is 10.1 Å². The van der Waals surface area contributed by atoms with Gasteiger partial charge in [0.05, 0.1) is 4.90 Å². The Hall–Kier alpha value is -2.09. The van der Waals surface area contributed by atoms with Crippen LogP contribution in [0, 0.1) is 0 Å². The number of nitrogens with one attached hydrogen (secondary N) is 2. The molecule has 2 aromatic carbocycles. The number of ether oxygens (including phenoxy) is 1. The van der Waals surface area contributed by atoms with Gasteiger partial charge in [0.15, 0.2) is 5.60 Å². The van der Waals surface area contributed by atoms with Gasteiger partial charge in [-0.05, 0) is 75.1 Å². The zero-order valence-electron chi connectivity index (χ0n) is 17.9. The Morgan fingerprint density at radius 3 is 2.29 bits per heavy atom. The van der Waals surface area contributed by atoms with Crippen molar-refractivity contribution in [2.75, 3.05) is 6.54 Å². The highest BCUT2D eigenvalue weighted by Crippen LogP contribution is 2.22. The van der Waals surface area contributed by atoms with Crippen molar-refractivity contribution in [3.8, 4) is 5.75 Å². The molecule has 8 heteroatoms. The molecule has 1 aliphatic rings. The molecule has 0 aliphatic heterocycles. The van der Waals surface area contributed by atoms with Crippen molar-refractivity contribution in [1.29, 1.82) is 0 Å². The molecule has 1 fully saturated rings. The number of carbonyl (C=O) groups excluding carboxylic acids is 1. The molecule has 1 saturated carbocycles. The highest BCUT2D eigenvalue weighted by atomic mass is 35.5. The van der Waals surface area contributed by atoms with Gasteiger partial charge in [-0.25, -0.2) is 13.1 Å². The Bertz CT molecular complexity index is 983. The lowest BCUT2D eigenvalue weighted by Crippen LogP contribution is -2.47. The quantitative estimate of drug-likeness (QED) is 0.585. The summed E-state index contributed by atoms with van der Waals surface area (Å²) >= 11 is 5.87. The summed E-state index contributed by atoms with van der Waals surface area (Å²) in [4.78, 5) is 12.8. The molecule has 2 N–H and O–H groups in total. The van der Waals surface area contributed by atoms with Crippen LogP contribution >= 0.6 is 11.6 Å². The van der Waals surface area contributed by atoms with Gasteiger partial charge >= 0.3 is 0 Å². The molecule has 0 aromatic heterocycles. The Kier molecular flexibility index (Phi) is 7.62. The van der Waals surface area contributed by atoms with E-state index in [2.05, 4.69) is 10.0 Å². The van der Waals surface area contributed by atoms with Crippen molar-refractivity contribution in [3.05, 3.63) is 59.1 Å². The first-order chi connectivity index (χ1) is 14.7. The van der Waals surface area contributed by atoms with Gasteiger partial charge in [0.25, 0.3) is 5.91 Å². The third kappa shape index (κ3) is 6.69. The first-order valence-electron chi connectivity index (χ1n) is 10.5. The van der Waals surface area contributed by atoms with Crippen LogP contribution in [0.15, 0.2) is 53.4 Å². The van der Waals surface area contributed by atoms with Gasteiger partial charge in [-0.3, -0.25) is 4.79 Å². The number of rotatable bonds is 9. The van der Waals surface area contributed by atoms with Gasteiger partial charge in [0.1, 0.15) is 5.75 Å². The molecule has 6 nitrogen and oxygen atoms in total. The Balaban J connectivity index is 1.49. The minimum Gasteiger partial charge on any atom is -0.478 e. The van der Waals surface area contributed by atoms with E-state index in [9.17, 15) is 13.2 Å². The van der Waals surface area contributed by atoms with Gasteiger partial charge in [0, 0.05) is 17.6 Å². The molecular formula is C23H29ClN2O4S. The Morgan fingerprint density at radius 1 is 1.06 bits per heavy atom. The largest absolute Gasteiger partial charge is 0.478 e. The second-order valence-electron chi connectivity index (χ2n) is 8.32. The fourth-order valence-corrected chi connectivity index (χ4v) is 4.97. The lowest BCUT2D eigenvalue weighted by molar-refractivity contribution is -0.134. The van der Waals surface area contributed by atoms with E-state index in [1.807, 2.05) is 0 Å². The summed E-state index contributed by atoms with van der Waals surface area (Å²) in [6, 6.07) is 13.7. The summed E-state index contributed by atoms with van der Waals surface area (Å²) in [6.07, 6.45) is 4.52. The van der Waals surface area contributed by atoms with Crippen LogP contribution in [0.5, 0.6) is 5.75 Å². The third-order valence-electron chi connectivity index (χ3n) is 5.34. The fraction of sp³-hybridized carbons (Fsp3) is 0.435. The maximum Gasteiger partial charge on any atom is 0.263 e. The highest BCUT2D eigenvalue weighted by molar-refractivity contribution is 7.89. The summed E-state index contributed by atoms with van der Waals surface area (Å²) in [5.74, 6) is 0.329. The first-order valence-corrected chi connectivity index (χ1v) is 12.4. The van der Waals surface area contributed by atoms with Crippen molar-refractivity contribution >= 4 is 27.5 Å². The molecule has 0 bridgehead atoms. The number of hydrogen-bond acceptors (Lipinski definition) is 4. The summed E-state index contributed by atoms with van der Waals surface area (Å²) in [7, 11) is -3.49. The minimum absolute atomic E-state index is 0.0401. The molecule has 1 aliphatic carbocycles. The van der Waals surface area contributed by atoms with Crippen molar-refractivity contribution in [3.63, 3.8) is 0 Å². The van der Waals surface area contributed by atoms with Crippen LogP contribution in [0.25, 0.3) is 0 Å². The predicted molar refractivity (Wildman–Crippen MR) is 122 cm³/mol. The number of benzene rings is 2. The SMILES string of the molecule is CC(C)(Oc1ccc(Cl)cc1)C(=O)NCCc1ccc(S(=O)(=O)NC2CCCC2)cc1. The van der Waals surface area contributed by atoms with E-state index < -0.39 is 15.6 Å². The van der Waals surface area contributed by atoms with Gasteiger partial charge in [-0.2, -0.15) is 0 Å². The minimum atomic E-state index is -3.49. The summed E-state index contributed by atoms with van der Waals surface area (Å²) in [5.41, 5.74) is -0.103. The number of sulfonamides is 1. The monoisotopic (exact) mass is 464 g/mol. The lowest BCUT2D eigenvalue weighted by Gasteiger charge is -2.25. The van der Waals surface area contributed by atoms with Crippen LogP contribution in [0.1, 0.15) is 45.1 Å². The second-order valence-corrected chi connectivity index (χ2v) is 10.5. The van der Waals surface area contributed by atoms with Crippen molar-refractivity contribution < 1.29 is 17.9 Å². The normalized spacial score (nSPS) is 15.1. The smallest absolute Gasteiger partial charge is 0.263 e. The van der Waals surface area contributed by atoms with E-state index >= 15 is 0 Å². The van der Waals surface area contributed by atoms with E-state index in [4.69, 9.17) is 16.3 Å². The maximum absolute atomic E-state index is 12.5. The van der Waals surface area contributed by atoms with Crippen molar-refractivity contribution in [1.82, 2.24) is 10.0 Å². The van der Waals surface area contributed by atoms with Crippen LogP contribution in [-0.2, 0) is 21.2 Å². The predicted octanol–water partition coefficient (Wildman–Crippen LogP) is 4.08. The Morgan fingerprint density at radius 2 is 1.68 bits per heavy atom. The molecule has 0 atom stereocenters. The topological polar surface area (TPSA) is 84.5 Å². The van der Waals surface area contributed by atoms with Gasteiger partial charge in [-0.1, -0.05) is 36.6 Å². The summed E-state index contributed by atoms with van der Waals surface area (Å²) in [6.45, 7) is 3.82. The van der Waals surface area contributed by atoms with Gasteiger partial charge in [0.2, 0.25) is 10.0 Å². The molecule has 2 aromatic rings. The zero-order chi connectivity index (χ0) is 22.5. The molecule has 31 heavy (non-hydrogen) atoms. The van der Waals surface area contributed by atoms with Crippen molar-refractivity contribution in [2.24, 2.45) is 0 Å². The van der Waals surface area contributed by atoms with E-state index in [0.717, 1.165) is 31.2 Å². The van der Waals surface area contributed by atoms with Crippen molar-refractivity contribution in [2.45, 2.75) is 62.5 Å². The molecule has 0 heterocycles. The molecule has 0 unspecified atom stereocenters. The summed E-state index contributed by atoms with van der Waals surface area (Å²) in [5, 5.41) is 3.48. The standard InChI is InChI=1S/C23H29ClN2O4S/c1-23(2,30-20-11-9-18(24)10-12-20)22(27)25-16-15-17-7-13-21(14-8-17)31(28,29)26-19-5-3-4-6-19/h7-14,19,26H,3-6,15-16H2,1-2H3,(H,25,27). The average molecular weight is 465 g/mol. The molecule has 168 valence electrons. The molecule has 0 radical (unpaired) electrons. The third-order valence-corrected chi connectivity index (χ3v) is 7.13. The molecule has 0 saturated heterocycles.